The smallest absolute Gasteiger partial charge is 0.228 e. The number of benzene rings is 2. The number of hydrogen-bond donors (Lipinski definition) is 0. The number of nitriles is 1. The minimum absolute atomic E-state index is 0.00864. The van der Waals surface area contributed by atoms with E-state index < -0.39 is 5.54 Å². The molecule has 1 fully saturated rings. The van der Waals surface area contributed by atoms with Gasteiger partial charge in [-0.05, 0) is 36.2 Å². The molecule has 0 radical (unpaired) electrons. The van der Waals surface area contributed by atoms with Crippen molar-refractivity contribution in [3.05, 3.63) is 64.6 Å². The topological polar surface area (TPSA) is 44.1 Å². The lowest BCUT2D eigenvalue weighted by molar-refractivity contribution is -0.117. The molecule has 0 saturated carbocycles. The van der Waals surface area contributed by atoms with Gasteiger partial charge in [0.2, 0.25) is 5.91 Å². The van der Waals surface area contributed by atoms with Crippen LogP contribution in [0, 0.1) is 11.3 Å². The van der Waals surface area contributed by atoms with Crippen LogP contribution in [0.5, 0.6) is 0 Å². The van der Waals surface area contributed by atoms with Crippen LogP contribution in [0.15, 0.2) is 59.1 Å². The average molecular weight is 341 g/mol. The standard InChI is InChI=1S/C17H13BrN2O/c18-14-8-6-13(7-9-14)17(12-19)11-10-16(21)20(17)15-4-2-1-3-5-15/h1-9H,10-11H2/t17-/m1/s1. The van der Waals surface area contributed by atoms with E-state index in [1.807, 2.05) is 54.6 Å². The molecule has 4 heteroatoms. The highest BCUT2D eigenvalue weighted by Crippen LogP contribution is 2.42. The molecule has 2 aromatic carbocycles. The summed E-state index contributed by atoms with van der Waals surface area (Å²) < 4.78 is 0.954. The maximum Gasteiger partial charge on any atom is 0.228 e. The van der Waals surface area contributed by atoms with Crippen molar-refractivity contribution in [2.24, 2.45) is 0 Å². The largest absolute Gasteiger partial charge is 0.289 e. The molecule has 0 bridgehead atoms. The van der Waals surface area contributed by atoms with Crippen LogP contribution in [0.25, 0.3) is 0 Å². The number of nitrogens with zero attached hydrogens (tertiary/aromatic N) is 2. The zero-order chi connectivity index (χ0) is 14.9. The highest BCUT2D eigenvalue weighted by atomic mass is 79.9. The summed E-state index contributed by atoms with van der Waals surface area (Å²) in [5, 5.41) is 9.83. The maximum absolute atomic E-state index is 12.4. The van der Waals surface area contributed by atoms with E-state index in [1.165, 1.54) is 0 Å². The van der Waals surface area contributed by atoms with Crippen molar-refractivity contribution in [3.63, 3.8) is 0 Å². The van der Waals surface area contributed by atoms with E-state index in [0.717, 1.165) is 15.7 Å². The van der Waals surface area contributed by atoms with Crippen LogP contribution >= 0.6 is 15.9 Å². The molecule has 1 saturated heterocycles. The van der Waals surface area contributed by atoms with Gasteiger partial charge in [0.05, 0.1) is 6.07 Å². The normalized spacial score (nSPS) is 21.3. The molecule has 3 nitrogen and oxygen atoms in total. The summed E-state index contributed by atoms with van der Waals surface area (Å²) in [4.78, 5) is 14.0. The van der Waals surface area contributed by atoms with E-state index in [9.17, 15) is 10.1 Å². The monoisotopic (exact) mass is 340 g/mol. The Hall–Kier alpha value is -2.12. The third-order valence-electron chi connectivity index (χ3n) is 3.85. The molecule has 1 heterocycles. The molecule has 1 aliphatic rings. The fourth-order valence-corrected chi connectivity index (χ4v) is 3.10. The second-order valence-electron chi connectivity index (χ2n) is 5.04. The molecular formula is C17H13BrN2O. The molecule has 1 aliphatic heterocycles. The molecule has 21 heavy (non-hydrogen) atoms. The van der Waals surface area contributed by atoms with Crippen LogP contribution in [0.3, 0.4) is 0 Å². The van der Waals surface area contributed by atoms with Crippen molar-refractivity contribution in [2.75, 3.05) is 4.90 Å². The minimum atomic E-state index is -0.918. The number of hydrogen-bond acceptors (Lipinski definition) is 2. The number of halogens is 1. The highest BCUT2D eigenvalue weighted by molar-refractivity contribution is 9.10. The van der Waals surface area contributed by atoms with Gasteiger partial charge in [0.25, 0.3) is 0 Å². The van der Waals surface area contributed by atoms with Gasteiger partial charge in [-0.1, -0.05) is 46.3 Å². The second-order valence-corrected chi connectivity index (χ2v) is 5.96. The van der Waals surface area contributed by atoms with Gasteiger partial charge in [0, 0.05) is 16.6 Å². The van der Waals surface area contributed by atoms with E-state index in [4.69, 9.17) is 0 Å². The summed E-state index contributed by atoms with van der Waals surface area (Å²) in [6.45, 7) is 0. The summed E-state index contributed by atoms with van der Waals surface area (Å²) >= 11 is 3.40. The summed E-state index contributed by atoms with van der Waals surface area (Å²) in [6.07, 6.45) is 0.900. The molecule has 2 aromatic rings. The molecule has 1 amide bonds. The van der Waals surface area contributed by atoms with Crippen LogP contribution in [0.2, 0.25) is 0 Å². The molecule has 104 valence electrons. The molecule has 3 rings (SSSR count). The van der Waals surface area contributed by atoms with Gasteiger partial charge in [-0.3, -0.25) is 9.69 Å². The molecule has 1 atom stereocenters. The number of rotatable bonds is 2. The second kappa shape index (κ2) is 5.34. The van der Waals surface area contributed by atoms with Crippen LogP contribution in [0.4, 0.5) is 5.69 Å². The third-order valence-corrected chi connectivity index (χ3v) is 4.38. The van der Waals surface area contributed by atoms with Crippen molar-refractivity contribution in [3.8, 4) is 6.07 Å². The predicted molar refractivity (Wildman–Crippen MR) is 84.6 cm³/mol. The van der Waals surface area contributed by atoms with Gasteiger partial charge in [0.15, 0.2) is 5.54 Å². The van der Waals surface area contributed by atoms with Gasteiger partial charge in [0.1, 0.15) is 0 Å². The SMILES string of the molecule is N#C[C@@]1(c2ccc(Br)cc2)CCC(=O)N1c1ccccc1. The molecule has 0 spiro atoms. The van der Waals surface area contributed by atoms with Crippen molar-refractivity contribution in [2.45, 2.75) is 18.4 Å². The summed E-state index contributed by atoms with van der Waals surface area (Å²) in [5.41, 5.74) is 0.700. The Morgan fingerprint density at radius 2 is 1.76 bits per heavy atom. The van der Waals surface area contributed by atoms with Crippen LogP contribution in [-0.4, -0.2) is 5.91 Å². The Balaban J connectivity index is 2.14. The van der Waals surface area contributed by atoms with Gasteiger partial charge < -0.3 is 0 Å². The van der Waals surface area contributed by atoms with Crippen molar-refractivity contribution >= 4 is 27.5 Å². The van der Waals surface area contributed by atoms with Gasteiger partial charge >= 0.3 is 0 Å². The zero-order valence-electron chi connectivity index (χ0n) is 11.3. The summed E-state index contributed by atoms with van der Waals surface area (Å²) in [6, 6.07) is 19.4. The van der Waals surface area contributed by atoms with Crippen molar-refractivity contribution in [1.82, 2.24) is 0 Å². The molecule has 0 aromatic heterocycles. The fourth-order valence-electron chi connectivity index (χ4n) is 2.84. The summed E-state index contributed by atoms with van der Waals surface area (Å²) in [5.74, 6) is -0.00864. The molecule has 0 N–H and O–H groups in total. The number of carbonyl (C=O) groups is 1. The van der Waals surface area contributed by atoms with Gasteiger partial charge in [-0.25, -0.2) is 0 Å². The van der Waals surface area contributed by atoms with Crippen molar-refractivity contribution < 1.29 is 4.79 Å². The molecule has 0 aliphatic carbocycles. The minimum Gasteiger partial charge on any atom is -0.289 e. The van der Waals surface area contributed by atoms with Crippen molar-refractivity contribution in [1.29, 1.82) is 5.26 Å². The van der Waals surface area contributed by atoms with Gasteiger partial charge in [-0.2, -0.15) is 5.26 Å². The summed E-state index contributed by atoms with van der Waals surface area (Å²) in [7, 11) is 0. The average Bonchev–Trinajstić information content (AvgIpc) is 2.87. The van der Waals surface area contributed by atoms with Crippen LogP contribution in [0.1, 0.15) is 18.4 Å². The predicted octanol–water partition coefficient (Wildman–Crippen LogP) is 3.99. The van der Waals surface area contributed by atoms with E-state index in [1.54, 1.807) is 4.90 Å². The first-order valence-electron chi connectivity index (χ1n) is 6.73. The number of anilines is 1. The maximum atomic E-state index is 12.4. The fraction of sp³-hybridized carbons (Fsp3) is 0.176. The number of amides is 1. The lowest BCUT2D eigenvalue weighted by Gasteiger charge is -2.33. The first-order chi connectivity index (χ1) is 10.2. The Morgan fingerprint density at radius 1 is 1.10 bits per heavy atom. The van der Waals surface area contributed by atoms with E-state index >= 15 is 0 Å². The van der Waals surface area contributed by atoms with Crippen LogP contribution in [-0.2, 0) is 10.3 Å². The lowest BCUT2D eigenvalue weighted by atomic mass is 9.88. The Bertz CT molecular complexity index is 706. The Kier molecular flexibility index (Phi) is 3.52. The first kappa shape index (κ1) is 13.8. The Labute approximate surface area is 131 Å². The van der Waals surface area contributed by atoms with E-state index in [0.29, 0.717) is 12.8 Å². The molecule has 0 unspecified atom stereocenters. The highest BCUT2D eigenvalue weighted by Gasteiger charge is 2.48. The first-order valence-corrected chi connectivity index (χ1v) is 7.52. The van der Waals surface area contributed by atoms with E-state index in [2.05, 4.69) is 22.0 Å². The van der Waals surface area contributed by atoms with E-state index in [-0.39, 0.29) is 5.91 Å². The number of carbonyl (C=O) groups excluding carboxylic acids is 1. The zero-order valence-corrected chi connectivity index (χ0v) is 12.9. The Morgan fingerprint density at radius 3 is 2.38 bits per heavy atom. The quantitative estimate of drug-likeness (QED) is 0.829. The molecular weight excluding hydrogens is 328 g/mol. The number of para-hydroxylation sites is 1. The lowest BCUT2D eigenvalue weighted by Crippen LogP contribution is -2.42. The van der Waals surface area contributed by atoms with Gasteiger partial charge in [-0.15, -0.1) is 0 Å². The van der Waals surface area contributed by atoms with Crippen LogP contribution < -0.4 is 4.90 Å². The third kappa shape index (κ3) is 2.24.